The van der Waals surface area contributed by atoms with E-state index in [-0.39, 0.29) is 11.1 Å². The Morgan fingerprint density at radius 1 is 1.39 bits per heavy atom. The number of aliphatic hydroxyl groups is 1. The van der Waals surface area contributed by atoms with E-state index >= 15 is 0 Å². The molecule has 6 nitrogen and oxygen atoms in total. The molecule has 0 spiro atoms. The van der Waals surface area contributed by atoms with Crippen LogP contribution in [0.25, 0.3) is 0 Å². The van der Waals surface area contributed by atoms with Crippen molar-refractivity contribution in [1.29, 1.82) is 0 Å². The Kier molecular flexibility index (Phi) is 5.52. The largest absolute Gasteiger partial charge is 0.384 e. The topological polar surface area (TPSA) is 98.2 Å². The molecular weight excluding hydrogens is 254 g/mol. The van der Waals surface area contributed by atoms with Gasteiger partial charge >= 0.3 is 0 Å². The van der Waals surface area contributed by atoms with Crippen LogP contribution in [0.15, 0.2) is 11.1 Å². The third-order valence-electron chi connectivity index (χ3n) is 2.12. The second-order valence-corrected chi connectivity index (χ2v) is 6.02. The number of rotatable bonds is 3. The van der Waals surface area contributed by atoms with E-state index in [1.165, 1.54) is 10.7 Å². The summed E-state index contributed by atoms with van der Waals surface area (Å²) < 4.78 is 23.8. The molecule has 106 valence electrons. The van der Waals surface area contributed by atoms with Crippen molar-refractivity contribution in [2.75, 3.05) is 0 Å². The zero-order valence-electron chi connectivity index (χ0n) is 11.8. The van der Waals surface area contributed by atoms with Crippen LogP contribution in [0.4, 0.5) is 0 Å². The molecule has 0 aromatic carbocycles. The number of hydrogen-bond donors (Lipinski definition) is 2. The van der Waals surface area contributed by atoms with E-state index < -0.39 is 15.6 Å². The molecule has 0 aliphatic carbocycles. The van der Waals surface area contributed by atoms with E-state index in [9.17, 15) is 13.5 Å². The molecule has 0 aliphatic rings. The van der Waals surface area contributed by atoms with Crippen LogP contribution in [-0.2, 0) is 15.6 Å². The van der Waals surface area contributed by atoms with Crippen LogP contribution >= 0.6 is 0 Å². The molecule has 1 rings (SSSR count). The molecule has 0 aliphatic heterocycles. The molecule has 1 aromatic heterocycles. The third kappa shape index (κ3) is 4.08. The SMILES string of the molecule is CC.CC(C)n1nc(S(N)(=O)=O)cc1C(C)(C)O. The van der Waals surface area contributed by atoms with Crippen molar-refractivity contribution < 1.29 is 13.5 Å². The van der Waals surface area contributed by atoms with Gasteiger partial charge in [-0.3, -0.25) is 4.68 Å². The van der Waals surface area contributed by atoms with Crippen LogP contribution < -0.4 is 5.14 Å². The summed E-state index contributed by atoms with van der Waals surface area (Å²) >= 11 is 0. The molecule has 3 N–H and O–H groups in total. The first kappa shape index (κ1) is 17.1. The normalized spacial score (nSPS) is 12.3. The zero-order chi connectivity index (χ0) is 14.7. The smallest absolute Gasteiger partial charge is 0.257 e. The fraction of sp³-hybridized carbons (Fsp3) is 0.727. The third-order valence-corrected chi connectivity index (χ3v) is 2.90. The van der Waals surface area contributed by atoms with Crippen molar-refractivity contribution in [2.24, 2.45) is 5.14 Å². The first-order valence-corrected chi connectivity index (χ1v) is 7.43. The highest BCUT2D eigenvalue weighted by Gasteiger charge is 2.26. The summed E-state index contributed by atoms with van der Waals surface area (Å²) in [5.41, 5.74) is -0.744. The number of nitrogens with zero attached hydrogens (tertiary/aromatic N) is 2. The van der Waals surface area contributed by atoms with Gasteiger partial charge in [0.1, 0.15) is 5.60 Å². The molecule has 0 amide bonds. The first-order chi connectivity index (χ1) is 8.03. The minimum Gasteiger partial charge on any atom is -0.384 e. The predicted octanol–water partition coefficient (Wildman–Crippen LogP) is 1.36. The van der Waals surface area contributed by atoms with Gasteiger partial charge in [0.25, 0.3) is 10.0 Å². The van der Waals surface area contributed by atoms with Crippen molar-refractivity contribution in [1.82, 2.24) is 9.78 Å². The Balaban J connectivity index is 0.00000137. The Morgan fingerprint density at radius 2 is 1.83 bits per heavy atom. The average Bonchev–Trinajstić information content (AvgIpc) is 2.63. The van der Waals surface area contributed by atoms with Crippen LogP contribution in [0.2, 0.25) is 0 Å². The zero-order valence-corrected chi connectivity index (χ0v) is 12.6. The van der Waals surface area contributed by atoms with Gasteiger partial charge in [0.2, 0.25) is 0 Å². The molecule has 0 saturated carbocycles. The van der Waals surface area contributed by atoms with E-state index in [1.807, 2.05) is 27.7 Å². The van der Waals surface area contributed by atoms with E-state index in [4.69, 9.17) is 5.14 Å². The van der Waals surface area contributed by atoms with Gasteiger partial charge < -0.3 is 5.11 Å². The minimum absolute atomic E-state index is 0.0584. The molecule has 1 aromatic rings. The van der Waals surface area contributed by atoms with Crippen LogP contribution in [0, 0.1) is 0 Å². The Labute approximate surface area is 109 Å². The highest BCUT2D eigenvalue weighted by molar-refractivity contribution is 7.89. The summed E-state index contributed by atoms with van der Waals surface area (Å²) in [5, 5.41) is 18.6. The van der Waals surface area contributed by atoms with Gasteiger partial charge in [0, 0.05) is 12.1 Å². The standard InChI is InChI=1S/C9H17N3O3S.C2H6/c1-6(2)12-7(9(3,4)13)5-8(11-12)16(10,14)15;1-2/h5-6,13H,1-4H3,(H2,10,14,15);1-2H3. The maximum Gasteiger partial charge on any atom is 0.257 e. The fourth-order valence-corrected chi connectivity index (χ4v) is 1.84. The van der Waals surface area contributed by atoms with Crippen LogP contribution in [0.5, 0.6) is 0 Å². The molecule has 0 bridgehead atoms. The van der Waals surface area contributed by atoms with Crippen LogP contribution in [-0.4, -0.2) is 23.3 Å². The Morgan fingerprint density at radius 3 is 2.06 bits per heavy atom. The van der Waals surface area contributed by atoms with Gasteiger partial charge in [0.15, 0.2) is 5.03 Å². The lowest BCUT2D eigenvalue weighted by Gasteiger charge is -2.20. The summed E-state index contributed by atoms with van der Waals surface area (Å²) in [6.45, 7) is 10.8. The lowest BCUT2D eigenvalue weighted by Crippen LogP contribution is -2.22. The van der Waals surface area contributed by atoms with Gasteiger partial charge in [-0.15, -0.1) is 0 Å². The van der Waals surface area contributed by atoms with Crippen LogP contribution in [0.1, 0.15) is 53.3 Å². The minimum atomic E-state index is -3.84. The Hall–Kier alpha value is -0.920. The predicted molar refractivity (Wildman–Crippen MR) is 70.6 cm³/mol. The van der Waals surface area contributed by atoms with Crippen LogP contribution in [0.3, 0.4) is 0 Å². The van der Waals surface area contributed by atoms with Gasteiger partial charge in [-0.05, 0) is 27.7 Å². The number of primary sulfonamides is 1. The maximum absolute atomic E-state index is 11.2. The second-order valence-electron chi connectivity index (χ2n) is 4.51. The molecule has 0 saturated heterocycles. The molecule has 0 radical (unpaired) electrons. The van der Waals surface area contributed by atoms with Gasteiger partial charge in [-0.25, -0.2) is 13.6 Å². The Bertz CT molecular complexity index is 484. The quantitative estimate of drug-likeness (QED) is 0.871. The van der Waals surface area contributed by atoms with E-state index in [2.05, 4.69) is 5.10 Å². The molecule has 7 heteroatoms. The van der Waals surface area contributed by atoms with Crippen molar-refractivity contribution >= 4 is 10.0 Å². The monoisotopic (exact) mass is 277 g/mol. The molecule has 18 heavy (non-hydrogen) atoms. The van der Waals surface area contributed by atoms with Crippen molar-refractivity contribution in [2.45, 2.75) is 58.2 Å². The first-order valence-electron chi connectivity index (χ1n) is 5.88. The summed E-state index contributed by atoms with van der Waals surface area (Å²) in [6.07, 6.45) is 0. The lowest BCUT2D eigenvalue weighted by atomic mass is 10.1. The highest BCUT2D eigenvalue weighted by Crippen LogP contribution is 2.24. The number of aromatic nitrogens is 2. The van der Waals surface area contributed by atoms with Gasteiger partial charge in [-0.2, -0.15) is 5.10 Å². The summed E-state index contributed by atoms with van der Waals surface area (Å²) in [4.78, 5) is 0. The number of sulfonamides is 1. The average molecular weight is 277 g/mol. The second kappa shape index (κ2) is 5.81. The number of hydrogen-bond acceptors (Lipinski definition) is 4. The van der Waals surface area contributed by atoms with Crippen molar-refractivity contribution in [3.63, 3.8) is 0 Å². The van der Waals surface area contributed by atoms with E-state index in [0.717, 1.165) is 0 Å². The lowest BCUT2D eigenvalue weighted by molar-refractivity contribution is 0.0669. The summed E-state index contributed by atoms with van der Waals surface area (Å²) in [6, 6.07) is 1.24. The fourth-order valence-electron chi connectivity index (χ4n) is 1.36. The number of nitrogens with two attached hydrogens (primary N) is 1. The molecule has 0 unspecified atom stereocenters. The molecule has 1 heterocycles. The maximum atomic E-state index is 11.2. The van der Waals surface area contributed by atoms with Crippen molar-refractivity contribution in [3.05, 3.63) is 11.8 Å². The van der Waals surface area contributed by atoms with Gasteiger partial charge in [-0.1, -0.05) is 13.8 Å². The summed E-state index contributed by atoms with van der Waals surface area (Å²) in [5.74, 6) is 0. The van der Waals surface area contributed by atoms with Gasteiger partial charge in [0.05, 0.1) is 5.69 Å². The molecule has 0 atom stereocenters. The highest BCUT2D eigenvalue weighted by atomic mass is 32.2. The summed E-state index contributed by atoms with van der Waals surface area (Å²) in [7, 11) is -3.84. The van der Waals surface area contributed by atoms with E-state index in [0.29, 0.717) is 5.69 Å². The molecule has 0 fully saturated rings. The van der Waals surface area contributed by atoms with E-state index in [1.54, 1.807) is 13.8 Å². The molecular formula is C11H23N3O3S. The van der Waals surface area contributed by atoms with Crippen molar-refractivity contribution in [3.8, 4) is 0 Å².